The first kappa shape index (κ1) is 46.7. The number of anilines is 1. The number of imidazole rings is 1. The third kappa shape index (κ3) is 9.27. The number of nitrogens with one attached hydrogen (secondary N) is 1. The summed E-state index contributed by atoms with van der Waals surface area (Å²) < 4.78 is 102. The van der Waals surface area contributed by atoms with Gasteiger partial charge >= 0.3 is 15.6 Å². The summed E-state index contributed by atoms with van der Waals surface area (Å²) in [4.78, 5) is 26.6. The van der Waals surface area contributed by atoms with Crippen LogP contribution in [0.4, 0.5) is 19.0 Å². The van der Waals surface area contributed by atoms with Crippen LogP contribution in [0.5, 0.6) is 11.5 Å². The number of aromatic nitrogens is 4. The van der Waals surface area contributed by atoms with Gasteiger partial charge in [0, 0.05) is 5.56 Å². The van der Waals surface area contributed by atoms with Crippen molar-refractivity contribution >= 4 is 53.1 Å². The van der Waals surface area contributed by atoms with Gasteiger partial charge in [-0.1, -0.05) is 93.6 Å². The van der Waals surface area contributed by atoms with Crippen LogP contribution in [0.1, 0.15) is 53.2 Å². The van der Waals surface area contributed by atoms with Crippen molar-refractivity contribution < 1.29 is 49.2 Å². The van der Waals surface area contributed by atoms with Crippen molar-refractivity contribution in [3.63, 3.8) is 0 Å². The minimum Gasteiger partial charge on any atom is -0.497 e. The van der Waals surface area contributed by atoms with Crippen molar-refractivity contribution in [2.75, 3.05) is 26.1 Å². The Morgan fingerprint density at radius 3 is 1.86 bits per heavy atom. The number of alkyl halides is 3. The molecule has 1 fully saturated rings. The number of rotatable bonds is 15. The molecular formula is C45H48F3N5O8S2Si. The molecule has 1 aliphatic heterocycles. The molecule has 1 saturated heterocycles. The van der Waals surface area contributed by atoms with E-state index in [0.717, 1.165) is 11.8 Å². The first-order valence-electron chi connectivity index (χ1n) is 20.1. The maximum atomic E-state index is 14.4. The fraction of sp³-hybridized carbons (Fsp3) is 0.333. The molecule has 4 atom stereocenters. The van der Waals surface area contributed by atoms with Crippen molar-refractivity contribution in [1.82, 2.24) is 19.5 Å². The van der Waals surface area contributed by atoms with Gasteiger partial charge in [0.15, 0.2) is 25.3 Å². The molecule has 2 aromatic heterocycles. The fourth-order valence-electron chi connectivity index (χ4n) is 7.21. The fourth-order valence-corrected chi connectivity index (χ4v) is 10.8. The molecule has 0 spiro atoms. The second-order valence-electron chi connectivity index (χ2n) is 16.6. The van der Waals surface area contributed by atoms with Crippen molar-refractivity contribution in [2.45, 2.75) is 72.8 Å². The Hall–Kier alpha value is -5.31. The third-order valence-electron chi connectivity index (χ3n) is 11.6. The number of amides is 1. The molecule has 1 amide bonds. The number of halogens is 3. The Balaban J connectivity index is 1.38. The van der Waals surface area contributed by atoms with Gasteiger partial charge in [-0.2, -0.15) is 21.6 Å². The van der Waals surface area contributed by atoms with Gasteiger partial charge in [-0.25, -0.2) is 15.0 Å². The van der Waals surface area contributed by atoms with Crippen LogP contribution in [0.15, 0.2) is 122 Å². The zero-order chi connectivity index (χ0) is 46.1. The Kier molecular flexibility index (Phi) is 13.3. The van der Waals surface area contributed by atoms with Crippen LogP contribution in [0, 0.1) is 0 Å². The highest BCUT2D eigenvalue weighted by molar-refractivity contribution is 8.00. The molecule has 13 nitrogen and oxygen atoms in total. The molecule has 0 saturated carbocycles. The molecule has 4 aromatic carbocycles. The van der Waals surface area contributed by atoms with Gasteiger partial charge in [0.1, 0.15) is 41.0 Å². The minimum atomic E-state index is -6.20. The maximum absolute atomic E-state index is 14.4. The van der Waals surface area contributed by atoms with Gasteiger partial charge in [0.2, 0.25) is 0 Å². The van der Waals surface area contributed by atoms with E-state index in [1.807, 2.05) is 88.5 Å². The SMILES string of the molecule is COc1ccc(C(OC[C@H]2S[C@@H](n3cnc4c(NC(=O)c5ccccc5)ncnc43)[C@H](O[Si](C)(C)C(C)(C)C)[C@@H]2OS(=O)(=O)C(F)(F)F)(c2ccccc2)c2ccc(OC)cc2)cc1. The normalized spacial score (nSPS) is 18.5. The van der Waals surface area contributed by atoms with Crippen molar-refractivity contribution in [1.29, 1.82) is 0 Å². The molecule has 0 unspecified atom stereocenters. The molecule has 64 heavy (non-hydrogen) atoms. The second kappa shape index (κ2) is 18.3. The Morgan fingerprint density at radius 1 is 0.781 bits per heavy atom. The van der Waals surface area contributed by atoms with Crippen LogP contribution in [0.3, 0.4) is 0 Å². The second-order valence-corrected chi connectivity index (χ2v) is 24.2. The van der Waals surface area contributed by atoms with Crippen LogP contribution in [-0.4, -0.2) is 86.0 Å². The van der Waals surface area contributed by atoms with Gasteiger partial charge in [0.05, 0.1) is 32.4 Å². The number of nitrogens with zero attached hydrogens (tertiary/aromatic N) is 4. The number of thioether (sulfide) groups is 1. The first-order chi connectivity index (χ1) is 30.3. The highest BCUT2D eigenvalue weighted by Crippen LogP contribution is 2.52. The lowest BCUT2D eigenvalue weighted by molar-refractivity contribution is -0.0660. The van der Waals surface area contributed by atoms with Gasteiger partial charge < -0.3 is 24.0 Å². The molecule has 3 heterocycles. The molecular weight excluding hydrogens is 888 g/mol. The summed E-state index contributed by atoms with van der Waals surface area (Å²) >= 11 is 1.11. The average molecular weight is 936 g/mol. The quantitative estimate of drug-likeness (QED) is 0.0452. The number of hydrogen-bond acceptors (Lipinski definition) is 12. The third-order valence-corrected chi connectivity index (χ3v) is 18.6. The molecule has 7 rings (SSSR count). The smallest absolute Gasteiger partial charge is 0.497 e. The van der Waals surface area contributed by atoms with E-state index in [-0.39, 0.29) is 23.6 Å². The summed E-state index contributed by atoms with van der Waals surface area (Å²) in [6.45, 7) is 9.33. The molecule has 0 radical (unpaired) electrons. The average Bonchev–Trinajstić information content (AvgIpc) is 3.85. The van der Waals surface area contributed by atoms with Crippen LogP contribution >= 0.6 is 11.8 Å². The monoisotopic (exact) mass is 935 g/mol. The minimum absolute atomic E-state index is 0.0847. The predicted octanol–water partition coefficient (Wildman–Crippen LogP) is 9.34. The number of carbonyl (C=O) groups excluding carboxylic acids is 1. The molecule has 338 valence electrons. The standard InChI is InChI=1S/C45H48F3N5O8S2Si/c1-43(2,3)64(6,7)61-38-37(60-63(55,56)45(46,47)48)35(62-42(38)53-28-51-36-39(49-27-50-40(36)53)52-41(54)29-14-10-8-11-15-29)26-59-44(30-16-12-9-13-17-30,31-18-22-33(57-4)23-19-31)32-20-24-34(58-5)25-21-32/h8-25,27-28,35,37-38,42H,26H2,1-7H3,(H,49,50,52,54)/t35-,37-,38-,42-/m1/s1. The summed E-state index contributed by atoms with van der Waals surface area (Å²) in [6, 6.07) is 32.2. The lowest BCUT2D eigenvalue weighted by Crippen LogP contribution is -2.51. The van der Waals surface area contributed by atoms with Crippen LogP contribution in [-0.2, 0) is 29.1 Å². The Morgan fingerprint density at radius 2 is 1.33 bits per heavy atom. The van der Waals surface area contributed by atoms with Crippen LogP contribution in [0.2, 0.25) is 18.1 Å². The molecule has 1 aliphatic rings. The number of methoxy groups -OCH3 is 2. The summed E-state index contributed by atoms with van der Waals surface area (Å²) in [5.74, 6) is 0.778. The summed E-state index contributed by atoms with van der Waals surface area (Å²) in [5, 5.41) is 0.177. The molecule has 0 bridgehead atoms. The first-order valence-corrected chi connectivity index (χ1v) is 25.4. The zero-order valence-electron chi connectivity index (χ0n) is 36.1. The van der Waals surface area contributed by atoms with E-state index >= 15 is 0 Å². The summed E-state index contributed by atoms with van der Waals surface area (Å²) in [7, 11) is -6.07. The van der Waals surface area contributed by atoms with Gasteiger partial charge in [-0.15, -0.1) is 11.8 Å². The van der Waals surface area contributed by atoms with E-state index in [4.69, 9.17) is 22.8 Å². The highest BCUT2D eigenvalue weighted by Gasteiger charge is 2.57. The molecule has 19 heteroatoms. The van der Waals surface area contributed by atoms with Gasteiger partial charge in [0.25, 0.3) is 5.91 Å². The maximum Gasteiger partial charge on any atom is 0.523 e. The lowest BCUT2D eigenvalue weighted by atomic mass is 9.80. The van der Waals surface area contributed by atoms with E-state index in [1.165, 1.54) is 12.7 Å². The van der Waals surface area contributed by atoms with E-state index in [9.17, 15) is 26.4 Å². The number of fused-ring (bicyclic) bond motifs is 1. The van der Waals surface area contributed by atoms with Gasteiger partial charge in [-0.05, 0) is 71.2 Å². The predicted molar refractivity (Wildman–Crippen MR) is 240 cm³/mol. The van der Waals surface area contributed by atoms with Crippen molar-refractivity contribution in [2.24, 2.45) is 0 Å². The Bertz CT molecular complexity index is 2620. The highest BCUT2D eigenvalue weighted by atomic mass is 32.2. The molecule has 1 N–H and O–H groups in total. The van der Waals surface area contributed by atoms with E-state index < -0.39 is 63.3 Å². The summed E-state index contributed by atoms with van der Waals surface area (Å²) in [6.07, 6.45) is -0.448. The molecule has 0 aliphatic carbocycles. The van der Waals surface area contributed by atoms with Gasteiger partial charge in [-0.3, -0.25) is 13.5 Å². The lowest BCUT2D eigenvalue weighted by Gasteiger charge is -2.41. The zero-order valence-corrected chi connectivity index (χ0v) is 38.7. The van der Waals surface area contributed by atoms with Crippen molar-refractivity contribution in [3.8, 4) is 11.5 Å². The van der Waals surface area contributed by atoms with E-state index in [2.05, 4.69) is 20.3 Å². The number of benzene rings is 4. The van der Waals surface area contributed by atoms with Crippen molar-refractivity contribution in [3.05, 3.63) is 144 Å². The van der Waals surface area contributed by atoms with Crippen LogP contribution in [0.25, 0.3) is 11.2 Å². The van der Waals surface area contributed by atoms with E-state index in [1.54, 1.807) is 73.4 Å². The van der Waals surface area contributed by atoms with E-state index in [0.29, 0.717) is 33.8 Å². The summed E-state index contributed by atoms with van der Waals surface area (Å²) in [5.41, 5.74) is -4.49. The number of hydrogen-bond donors (Lipinski definition) is 1. The number of ether oxygens (including phenoxy) is 3. The largest absolute Gasteiger partial charge is 0.523 e. The van der Waals surface area contributed by atoms with Crippen LogP contribution < -0.4 is 14.8 Å². The molecule has 6 aromatic rings. The topological polar surface area (TPSA) is 153 Å². The number of carbonyl (C=O) groups is 1. The Labute approximate surface area is 374 Å².